The zero-order chi connectivity index (χ0) is 12.1. The molecule has 1 aromatic carbocycles. The Morgan fingerprint density at radius 1 is 1.29 bits per heavy atom. The molecule has 5 nitrogen and oxygen atoms in total. The van der Waals surface area contributed by atoms with Gasteiger partial charge in [-0.3, -0.25) is 0 Å². The second kappa shape index (κ2) is 4.88. The van der Waals surface area contributed by atoms with Crippen molar-refractivity contribution < 1.29 is 0 Å². The van der Waals surface area contributed by atoms with Gasteiger partial charge in [0, 0.05) is 16.8 Å². The molecule has 0 aliphatic heterocycles. The average Bonchev–Trinajstić information content (AvgIpc) is 2.84. The zero-order valence-corrected chi connectivity index (χ0v) is 8.98. The average molecular weight is 223 g/mol. The number of nitriles is 1. The van der Waals surface area contributed by atoms with Crippen molar-refractivity contribution in [2.75, 3.05) is 0 Å². The summed E-state index contributed by atoms with van der Waals surface area (Å²) < 4.78 is 1.85. The van der Waals surface area contributed by atoms with Gasteiger partial charge in [0.1, 0.15) is 6.07 Å². The first kappa shape index (κ1) is 10.8. The summed E-state index contributed by atoms with van der Waals surface area (Å²) in [7, 11) is 0. The van der Waals surface area contributed by atoms with Crippen LogP contribution in [-0.2, 0) is 6.54 Å². The second-order valence-corrected chi connectivity index (χ2v) is 3.39. The minimum atomic E-state index is 0.267. The molecule has 0 N–H and O–H groups in total. The number of rotatable bonds is 3. The Bertz CT molecular complexity index is 614. The van der Waals surface area contributed by atoms with Gasteiger partial charge in [-0.2, -0.15) is 5.26 Å². The number of benzene rings is 1. The molecule has 5 heteroatoms. The van der Waals surface area contributed by atoms with E-state index in [4.69, 9.17) is 10.8 Å². The van der Waals surface area contributed by atoms with Crippen molar-refractivity contribution in [1.82, 2.24) is 4.57 Å². The molecule has 0 aliphatic carbocycles. The molecule has 17 heavy (non-hydrogen) atoms. The molecule has 1 heterocycles. The number of hydrogen-bond donors (Lipinski definition) is 0. The first-order valence-electron chi connectivity index (χ1n) is 5.03. The first-order chi connectivity index (χ1) is 8.36. The summed E-state index contributed by atoms with van der Waals surface area (Å²) in [5.74, 6) is 0. The molecule has 0 saturated carbocycles. The lowest BCUT2D eigenvalue weighted by Crippen LogP contribution is -2.00. The number of para-hydroxylation sites is 1. The van der Waals surface area contributed by atoms with Crippen molar-refractivity contribution in [1.29, 1.82) is 5.26 Å². The molecule has 0 spiro atoms. The maximum absolute atomic E-state index is 9.04. The van der Waals surface area contributed by atoms with E-state index in [0.29, 0.717) is 5.56 Å². The highest BCUT2D eigenvalue weighted by atomic mass is 15.1. The van der Waals surface area contributed by atoms with E-state index < -0.39 is 0 Å². The van der Waals surface area contributed by atoms with E-state index in [-0.39, 0.29) is 6.54 Å². The lowest BCUT2D eigenvalue weighted by Gasteiger charge is -2.08. The largest absolute Gasteiger partial charge is 0.319 e. The van der Waals surface area contributed by atoms with Crippen molar-refractivity contribution in [3.8, 4) is 11.8 Å². The van der Waals surface area contributed by atoms with E-state index in [1.807, 2.05) is 41.1 Å². The van der Waals surface area contributed by atoms with E-state index in [0.717, 1.165) is 11.4 Å². The van der Waals surface area contributed by atoms with Gasteiger partial charge in [-0.15, -0.1) is 0 Å². The highest BCUT2D eigenvalue weighted by Gasteiger charge is 2.06. The van der Waals surface area contributed by atoms with E-state index in [2.05, 4.69) is 16.1 Å². The van der Waals surface area contributed by atoms with Gasteiger partial charge in [-0.25, -0.2) is 0 Å². The minimum absolute atomic E-state index is 0.267. The van der Waals surface area contributed by atoms with Crippen LogP contribution in [-0.4, -0.2) is 4.57 Å². The summed E-state index contributed by atoms with van der Waals surface area (Å²) in [6.45, 7) is 0.267. The molecule has 2 rings (SSSR count). The summed E-state index contributed by atoms with van der Waals surface area (Å²) in [5, 5.41) is 12.6. The van der Waals surface area contributed by atoms with Gasteiger partial charge in [0.25, 0.3) is 0 Å². The monoisotopic (exact) mass is 223 g/mol. The third kappa shape index (κ3) is 2.12. The normalized spacial score (nSPS) is 9.35. The van der Waals surface area contributed by atoms with Gasteiger partial charge < -0.3 is 4.57 Å². The fraction of sp³-hybridized carbons (Fsp3) is 0.0833. The number of aromatic nitrogens is 1. The van der Waals surface area contributed by atoms with Crippen molar-refractivity contribution >= 4 is 0 Å². The highest BCUT2D eigenvalue weighted by Crippen LogP contribution is 2.17. The van der Waals surface area contributed by atoms with E-state index in [9.17, 15) is 0 Å². The van der Waals surface area contributed by atoms with Crippen molar-refractivity contribution in [3.63, 3.8) is 0 Å². The topological polar surface area (TPSA) is 77.5 Å². The van der Waals surface area contributed by atoms with E-state index >= 15 is 0 Å². The Balaban J connectivity index is 2.50. The fourth-order valence-electron chi connectivity index (χ4n) is 1.66. The minimum Gasteiger partial charge on any atom is -0.319 e. The first-order valence-corrected chi connectivity index (χ1v) is 5.03. The van der Waals surface area contributed by atoms with Crippen LogP contribution < -0.4 is 0 Å². The number of hydrogen-bond acceptors (Lipinski definition) is 2. The Morgan fingerprint density at radius 2 is 2.12 bits per heavy atom. The van der Waals surface area contributed by atoms with Crippen LogP contribution in [0.3, 0.4) is 0 Å². The summed E-state index contributed by atoms with van der Waals surface area (Å²) in [5.41, 5.74) is 10.6. The van der Waals surface area contributed by atoms with Crippen LogP contribution in [0.2, 0.25) is 0 Å². The van der Waals surface area contributed by atoms with Gasteiger partial charge in [-0.05, 0) is 29.8 Å². The molecule has 0 atom stereocenters. The molecule has 2 aromatic rings. The molecule has 1 aromatic heterocycles. The summed E-state index contributed by atoms with van der Waals surface area (Å²) in [6, 6.07) is 13.2. The Morgan fingerprint density at radius 3 is 2.88 bits per heavy atom. The van der Waals surface area contributed by atoms with Crippen LogP contribution >= 0.6 is 0 Å². The van der Waals surface area contributed by atoms with E-state index in [1.165, 1.54) is 0 Å². The SMILES string of the molecule is N#Cc1ccccc1-n1cccc1CN=[N+]=[N-]. The van der Waals surface area contributed by atoms with Crippen LogP contribution in [0.15, 0.2) is 47.7 Å². The molecule has 0 unspecified atom stereocenters. The standard InChI is InChI=1S/C12H9N5/c13-8-10-4-1-2-6-12(10)17-7-3-5-11(17)9-15-16-14/h1-7H,9H2. The molecule has 0 amide bonds. The number of azide groups is 1. The van der Waals surface area contributed by atoms with Crippen molar-refractivity contribution in [2.24, 2.45) is 5.11 Å². The van der Waals surface area contributed by atoms with Crippen molar-refractivity contribution in [3.05, 3.63) is 64.3 Å². The lowest BCUT2D eigenvalue weighted by molar-refractivity contribution is 0.902. The molecular formula is C12H9N5. The van der Waals surface area contributed by atoms with E-state index in [1.54, 1.807) is 6.07 Å². The maximum Gasteiger partial charge on any atom is 0.101 e. The van der Waals surface area contributed by atoms with Crippen LogP contribution in [0.4, 0.5) is 0 Å². The Hall–Kier alpha value is -2.70. The summed E-state index contributed by atoms with van der Waals surface area (Å²) in [4.78, 5) is 2.73. The molecule has 0 fully saturated rings. The zero-order valence-electron chi connectivity index (χ0n) is 8.98. The van der Waals surface area contributed by atoms with Gasteiger partial charge in [0.15, 0.2) is 0 Å². The lowest BCUT2D eigenvalue weighted by atomic mass is 10.2. The van der Waals surface area contributed by atoms with Gasteiger partial charge >= 0.3 is 0 Å². The highest BCUT2D eigenvalue weighted by molar-refractivity contribution is 5.49. The van der Waals surface area contributed by atoms with Gasteiger partial charge in [0.05, 0.1) is 17.8 Å². The maximum atomic E-state index is 9.04. The smallest absolute Gasteiger partial charge is 0.101 e. The third-order valence-corrected chi connectivity index (χ3v) is 2.41. The Kier molecular flexibility index (Phi) is 3.10. The molecule has 0 saturated heterocycles. The molecular weight excluding hydrogens is 214 g/mol. The molecule has 0 aliphatic rings. The Labute approximate surface area is 98.2 Å². The van der Waals surface area contributed by atoms with Crippen molar-refractivity contribution in [2.45, 2.75) is 6.54 Å². The van der Waals surface area contributed by atoms with Crippen LogP contribution in [0.5, 0.6) is 0 Å². The summed E-state index contributed by atoms with van der Waals surface area (Å²) in [6.07, 6.45) is 1.85. The van der Waals surface area contributed by atoms with Crippen LogP contribution in [0.1, 0.15) is 11.3 Å². The quantitative estimate of drug-likeness (QED) is 0.447. The molecule has 0 radical (unpaired) electrons. The van der Waals surface area contributed by atoms with Crippen LogP contribution in [0, 0.1) is 11.3 Å². The number of nitrogens with zero attached hydrogens (tertiary/aromatic N) is 5. The second-order valence-electron chi connectivity index (χ2n) is 3.39. The van der Waals surface area contributed by atoms with Gasteiger partial charge in [-0.1, -0.05) is 17.2 Å². The van der Waals surface area contributed by atoms with Gasteiger partial charge in [0.2, 0.25) is 0 Å². The third-order valence-electron chi connectivity index (χ3n) is 2.41. The van der Waals surface area contributed by atoms with Crippen LogP contribution in [0.25, 0.3) is 16.1 Å². The molecule has 82 valence electrons. The fourth-order valence-corrected chi connectivity index (χ4v) is 1.66. The predicted molar refractivity (Wildman–Crippen MR) is 63.3 cm³/mol. The predicted octanol–water partition coefficient (Wildman–Crippen LogP) is 3.16. The summed E-state index contributed by atoms with van der Waals surface area (Å²) >= 11 is 0. The molecule has 0 bridgehead atoms.